The Kier molecular flexibility index (Phi) is 2.86. The lowest BCUT2D eigenvalue weighted by Gasteiger charge is -2.10. The number of halogens is 2. The molecule has 94 valence electrons. The van der Waals surface area contributed by atoms with Crippen molar-refractivity contribution in [3.05, 3.63) is 41.2 Å². The lowest BCUT2D eigenvalue weighted by molar-refractivity contribution is -0.114. The number of rotatable bonds is 1. The second-order valence-electron chi connectivity index (χ2n) is 3.93. The Bertz CT molecular complexity index is 577. The van der Waals surface area contributed by atoms with Crippen molar-refractivity contribution in [3.63, 3.8) is 0 Å². The average molecular weight is 253 g/mol. The van der Waals surface area contributed by atoms with Crippen LogP contribution in [0.1, 0.15) is 13.8 Å². The molecule has 0 aliphatic carbocycles. The highest BCUT2D eigenvalue weighted by molar-refractivity contribution is 6.23. The average Bonchev–Trinajstić information content (AvgIpc) is 2.56. The zero-order valence-electron chi connectivity index (χ0n) is 9.66. The first-order valence-electron chi connectivity index (χ1n) is 5.10. The van der Waals surface area contributed by atoms with E-state index < -0.39 is 23.6 Å². The number of amides is 2. The number of imide groups is 1. The lowest BCUT2D eigenvalue weighted by atomic mass is 10.2. The van der Waals surface area contributed by atoms with Crippen LogP contribution in [0.4, 0.5) is 19.3 Å². The fraction of sp³-hybridized carbons (Fsp3) is 0.167. The highest BCUT2D eigenvalue weighted by Crippen LogP contribution is 2.28. The van der Waals surface area contributed by atoms with E-state index in [0.29, 0.717) is 16.5 Å². The molecule has 1 saturated heterocycles. The van der Waals surface area contributed by atoms with Gasteiger partial charge in [-0.05, 0) is 31.6 Å². The molecular weight excluding hydrogens is 244 g/mol. The number of carbonyl (C=O) groups excluding carboxylic acids is 2. The number of nitrogens with zero attached hydrogens (tertiary/aromatic N) is 1. The molecule has 0 bridgehead atoms. The zero-order chi connectivity index (χ0) is 13.4. The van der Waals surface area contributed by atoms with Crippen LogP contribution in [0, 0.1) is 11.6 Å². The molecule has 0 atom stereocenters. The normalized spacial score (nSPS) is 15.1. The van der Waals surface area contributed by atoms with E-state index in [1.54, 1.807) is 13.8 Å². The predicted octanol–water partition coefficient (Wildman–Crippen LogP) is 2.74. The molecule has 0 N–H and O–H groups in total. The van der Waals surface area contributed by atoms with E-state index >= 15 is 0 Å². The topological polar surface area (TPSA) is 46.6 Å². The van der Waals surface area contributed by atoms with Gasteiger partial charge in [0.1, 0.15) is 11.6 Å². The SMILES string of the molecule is CC(C)=C1OC(=O)N(c2ccc(F)cc2F)C1=O. The summed E-state index contributed by atoms with van der Waals surface area (Å²) in [7, 11) is 0. The molecule has 0 saturated carbocycles. The van der Waals surface area contributed by atoms with Gasteiger partial charge in [0.15, 0.2) is 5.76 Å². The van der Waals surface area contributed by atoms with Gasteiger partial charge in [0.05, 0.1) is 5.69 Å². The summed E-state index contributed by atoms with van der Waals surface area (Å²) in [6, 6.07) is 2.56. The quantitative estimate of drug-likeness (QED) is 0.723. The third kappa shape index (κ3) is 1.85. The fourth-order valence-corrected chi connectivity index (χ4v) is 1.55. The Labute approximate surface area is 101 Å². The minimum absolute atomic E-state index is 0.135. The van der Waals surface area contributed by atoms with Gasteiger partial charge in [0.2, 0.25) is 0 Å². The number of hydrogen-bond donors (Lipinski definition) is 0. The monoisotopic (exact) mass is 253 g/mol. The summed E-state index contributed by atoms with van der Waals surface area (Å²) < 4.78 is 31.0. The number of anilines is 1. The molecule has 0 unspecified atom stereocenters. The molecular formula is C12H9F2NO3. The number of cyclic esters (lactones) is 1. The Hall–Kier alpha value is -2.24. The van der Waals surface area contributed by atoms with E-state index in [2.05, 4.69) is 0 Å². The Balaban J connectivity index is 2.49. The van der Waals surface area contributed by atoms with Crippen molar-refractivity contribution in [1.29, 1.82) is 0 Å². The third-order valence-corrected chi connectivity index (χ3v) is 2.37. The molecule has 18 heavy (non-hydrogen) atoms. The van der Waals surface area contributed by atoms with Crippen LogP contribution >= 0.6 is 0 Å². The Morgan fingerprint density at radius 2 is 1.89 bits per heavy atom. The maximum atomic E-state index is 13.5. The summed E-state index contributed by atoms with van der Waals surface area (Å²) in [6.45, 7) is 3.18. The second kappa shape index (κ2) is 4.21. The van der Waals surface area contributed by atoms with Crippen LogP contribution in [-0.2, 0) is 9.53 Å². The molecule has 0 aromatic heterocycles. The molecule has 2 amide bonds. The van der Waals surface area contributed by atoms with E-state index in [-0.39, 0.29) is 11.4 Å². The van der Waals surface area contributed by atoms with Crippen molar-refractivity contribution < 1.29 is 23.1 Å². The first-order valence-corrected chi connectivity index (χ1v) is 5.10. The summed E-state index contributed by atoms with van der Waals surface area (Å²) in [5, 5.41) is 0. The van der Waals surface area contributed by atoms with E-state index in [1.807, 2.05) is 0 Å². The summed E-state index contributed by atoms with van der Waals surface area (Å²) >= 11 is 0. The zero-order valence-corrected chi connectivity index (χ0v) is 9.66. The van der Waals surface area contributed by atoms with E-state index in [1.165, 1.54) is 0 Å². The molecule has 4 nitrogen and oxygen atoms in total. The first kappa shape index (κ1) is 12.2. The summed E-state index contributed by atoms with van der Waals surface area (Å²) in [6.07, 6.45) is -0.998. The molecule has 0 spiro atoms. The largest absolute Gasteiger partial charge is 0.427 e. The van der Waals surface area contributed by atoms with Gasteiger partial charge in [-0.1, -0.05) is 0 Å². The molecule has 1 aromatic carbocycles. The number of hydrogen-bond acceptors (Lipinski definition) is 3. The number of ether oxygens (including phenoxy) is 1. The van der Waals surface area contributed by atoms with E-state index in [4.69, 9.17) is 4.74 Å². The van der Waals surface area contributed by atoms with E-state index in [0.717, 1.165) is 12.1 Å². The lowest BCUT2D eigenvalue weighted by Crippen LogP contribution is -2.29. The molecule has 1 aromatic rings. The van der Waals surface area contributed by atoms with Crippen molar-refractivity contribution in [3.8, 4) is 0 Å². The second-order valence-corrected chi connectivity index (χ2v) is 3.93. The van der Waals surface area contributed by atoms with Gasteiger partial charge in [-0.25, -0.2) is 18.5 Å². The summed E-state index contributed by atoms with van der Waals surface area (Å²) in [4.78, 5) is 23.9. The van der Waals surface area contributed by atoms with Crippen LogP contribution in [0.3, 0.4) is 0 Å². The van der Waals surface area contributed by atoms with Gasteiger partial charge in [0, 0.05) is 6.07 Å². The fourth-order valence-electron chi connectivity index (χ4n) is 1.55. The molecule has 1 aliphatic heterocycles. The van der Waals surface area contributed by atoms with Gasteiger partial charge in [0.25, 0.3) is 0 Å². The van der Waals surface area contributed by atoms with Crippen LogP contribution in [0.5, 0.6) is 0 Å². The predicted molar refractivity (Wildman–Crippen MR) is 58.7 cm³/mol. The maximum Gasteiger partial charge on any atom is 0.427 e. The minimum atomic E-state index is -1.00. The number of benzene rings is 1. The van der Waals surface area contributed by atoms with Crippen LogP contribution in [0.15, 0.2) is 29.5 Å². The standard InChI is InChI=1S/C12H9F2NO3/c1-6(2)10-11(16)15(12(17)18-10)9-4-3-7(13)5-8(9)14/h3-5H,1-2H3. The molecule has 1 heterocycles. The molecule has 2 rings (SSSR count). The van der Waals surface area contributed by atoms with Gasteiger partial charge >= 0.3 is 12.0 Å². The highest BCUT2D eigenvalue weighted by Gasteiger charge is 2.39. The van der Waals surface area contributed by atoms with Crippen molar-refractivity contribution >= 4 is 17.7 Å². The van der Waals surface area contributed by atoms with Crippen LogP contribution in [-0.4, -0.2) is 12.0 Å². The molecule has 6 heteroatoms. The van der Waals surface area contributed by atoms with Gasteiger partial charge < -0.3 is 4.74 Å². The van der Waals surface area contributed by atoms with Crippen LogP contribution < -0.4 is 4.90 Å². The van der Waals surface area contributed by atoms with Crippen molar-refractivity contribution in [2.24, 2.45) is 0 Å². The van der Waals surface area contributed by atoms with Crippen molar-refractivity contribution in [1.82, 2.24) is 0 Å². The molecule has 0 radical (unpaired) electrons. The number of carbonyl (C=O) groups is 2. The summed E-state index contributed by atoms with van der Waals surface area (Å²) in [5.41, 5.74) is 0.168. The van der Waals surface area contributed by atoms with Gasteiger partial charge in [-0.2, -0.15) is 0 Å². The minimum Gasteiger partial charge on any atom is -0.404 e. The third-order valence-electron chi connectivity index (χ3n) is 2.37. The summed E-state index contributed by atoms with van der Waals surface area (Å²) in [5.74, 6) is -2.69. The molecule has 1 aliphatic rings. The van der Waals surface area contributed by atoms with Crippen LogP contribution in [0.25, 0.3) is 0 Å². The Morgan fingerprint density at radius 3 is 2.39 bits per heavy atom. The molecule has 1 fully saturated rings. The van der Waals surface area contributed by atoms with Crippen molar-refractivity contribution in [2.75, 3.05) is 4.90 Å². The van der Waals surface area contributed by atoms with Crippen LogP contribution in [0.2, 0.25) is 0 Å². The Morgan fingerprint density at radius 1 is 1.22 bits per heavy atom. The van der Waals surface area contributed by atoms with Gasteiger partial charge in [-0.15, -0.1) is 0 Å². The van der Waals surface area contributed by atoms with Gasteiger partial charge in [-0.3, -0.25) is 4.79 Å². The maximum absolute atomic E-state index is 13.5. The number of allylic oxidation sites excluding steroid dienone is 1. The smallest absolute Gasteiger partial charge is 0.404 e. The van der Waals surface area contributed by atoms with Crippen molar-refractivity contribution in [2.45, 2.75) is 13.8 Å². The van der Waals surface area contributed by atoms with E-state index in [9.17, 15) is 18.4 Å². The first-order chi connectivity index (χ1) is 8.41. The highest BCUT2D eigenvalue weighted by atomic mass is 19.1.